The summed E-state index contributed by atoms with van der Waals surface area (Å²) in [6.45, 7) is 0.348. The van der Waals surface area contributed by atoms with Crippen molar-refractivity contribution >= 4 is 17.8 Å². The summed E-state index contributed by atoms with van der Waals surface area (Å²) in [5, 5.41) is 12.1. The largest absolute Gasteiger partial charge is 0.480 e. The number of amides is 2. The average Bonchev–Trinajstić information content (AvgIpc) is 3.39. The molecule has 0 spiro atoms. The van der Waals surface area contributed by atoms with Gasteiger partial charge in [0.1, 0.15) is 12.1 Å². The smallest absolute Gasteiger partial charge is 0.326 e. The number of carbonyl (C=O) groups excluding carboxylic acids is 2. The van der Waals surface area contributed by atoms with Gasteiger partial charge in [-0.15, -0.1) is 0 Å². The van der Waals surface area contributed by atoms with Crippen LogP contribution in [0.3, 0.4) is 0 Å². The molecule has 1 aromatic heterocycles. The average molecular weight is 399 g/mol. The van der Waals surface area contributed by atoms with Gasteiger partial charge in [0.05, 0.1) is 12.4 Å². The number of carboxylic acids is 1. The number of H-pyrrole nitrogens is 1. The van der Waals surface area contributed by atoms with E-state index < -0.39 is 35.9 Å². The van der Waals surface area contributed by atoms with Crippen LogP contribution in [0.1, 0.15) is 24.1 Å². The number of carbonyl (C=O) groups is 3. The Kier molecular flexibility index (Phi) is 6.61. The van der Waals surface area contributed by atoms with Crippen LogP contribution in [0, 0.1) is 0 Å². The lowest BCUT2D eigenvalue weighted by Gasteiger charge is -2.28. The van der Waals surface area contributed by atoms with Crippen molar-refractivity contribution in [2.45, 2.75) is 43.8 Å². The van der Waals surface area contributed by atoms with Crippen LogP contribution in [0.2, 0.25) is 0 Å². The molecule has 2 aromatic rings. The molecule has 0 aliphatic carbocycles. The van der Waals surface area contributed by atoms with E-state index in [1.165, 1.54) is 11.2 Å². The van der Waals surface area contributed by atoms with Gasteiger partial charge in [0, 0.05) is 24.9 Å². The molecule has 1 fully saturated rings. The summed E-state index contributed by atoms with van der Waals surface area (Å²) in [5.74, 6) is -1.93. The molecule has 9 heteroatoms. The quantitative estimate of drug-likeness (QED) is 0.495. The van der Waals surface area contributed by atoms with E-state index in [0.29, 0.717) is 31.5 Å². The van der Waals surface area contributed by atoms with E-state index in [-0.39, 0.29) is 6.42 Å². The molecule has 9 nitrogen and oxygen atoms in total. The van der Waals surface area contributed by atoms with E-state index in [1.54, 1.807) is 6.20 Å². The van der Waals surface area contributed by atoms with Crippen molar-refractivity contribution in [1.82, 2.24) is 20.2 Å². The van der Waals surface area contributed by atoms with Crippen LogP contribution >= 0.6 is 0 Å². The number of aromatic amines is 1. The summed E-state index contributed by atoms with van der Waals surface area (Å²) in [4.78, 5) is 45.4. The van der Waals surface area contributed by atoms with Crippen molar-refractivity contribution in [2.75, 3.05) is 6.54 Å². The van der Waals surface area contributed by atoms with Gasteiger partial charge >= 0.3 is 5.97 Å². The van der Waals surface area contributed by atoms with Crippen LogP contribution in [0.4, 0.5) is 0 Å². The van der Waals surface area contributed by atoms with Crippen LogP contribution in [0.25, 0.3) is 0 Å². The predicted octanol–water partition coefficient (Wildman–Crippen LogP) is 0.0826. The highest BCUT2D eigenvalue weighted by Crippen LogP contribution is 2.19. The first-order valence-corrected chi connectivity index (χ1v) is 9.56. The Bertz CT molecular complexity index is 840. The second-order valence-electron chi connectivity index (χ2n) is 7.17. The molecule has 0 bridgehead atoms. The van der Waals surface area contributed by atoms with E-state index >= 15 is 0 Å². The van der Waals surface area contributed by atoms with Gasteiger partial charge in [0.15, 0.2) is 0 Å². The van der Waals surface area contributed by atoms with Crippen LogP contribution in [0.5, 0.6) is 0 Å². The van der Waals surface area contributed by atoms with E-state index in [4.69, 9.17) is 5.73 Å². The normalized spacial score (nSPS) is 18.2. The van der Waals surface area contributed by atoms with Crippen molar-refractivity contribution in [3.63, 3.8) is 0 Å². The molecule has 2 amide bonds. The Hall–Kier alpha value is -3.20. The highest BCUT2D eigenvalue weighted by atomic mass is 16.4. The summed E-state index contributed by atoms with van der Waals surface area (Å²) in [6, 6.07) is 6.73. The first-order chi connectivity index (χ1) is 14.0. The van der Waals surface area contributed by atoms with E-state index in [2.05, 4.69) is 15.3 Å². The molecule has 0 radical (unpaired) electrons. The maximum atomic E-state index is 13.1. The third-order valence-corrected chi connectivity index (χ3v) is 5.05. The SMILES string of the molecule is N[C@H](Cc1ccccc1)C(=O)N[C@@H](Cc1cnc[nH]1)C(=O)N1CCC[C@@H]1C(=O)O. The van der Waals surface area contributed by atoms with E-state index in [1.807, 2.05) is 30.3 Å². The zero-order chi connectivity index (χ0) is 20.8. The highest BCUT2D eigenvalue weighted by molar-refractivity contribution is 5.92. The lowest BCUT2D eigenvalue weighted by atomic mass is 10.0. The summed E-state index contributed by atoms with van der Waals surface area (Å²) in [6.07, 6.45) is 4.57. The number of hydrogen-bond donors (Lipinski definition) is 4. The van der Waals surface area contributed by atoms with Gasteiger partial charge in [0.25, 0.3) is 0 Å². The number of nitrogens with one attached hydrogen (secondary N) is 2. The zero-order valence-electron chi connectivity index (χ0n) is 16.0. The minimum absolute atomic E-state index is 0.172. The molecule has 1 aromatic carbocycles. The first kappa shape index (κ1) is 20.5. The molecule has 3 atom stereocenters. The molecular formula is C20H25N5O4. The number of likely N-dealkylation sites (tertiary alicyclic amines) is 1. The van der Waals surface area contributed by atoms with Gasteiger partial charge in [-0.2, -0.15) is 0 Å². The number of carboxylic acid groups (broad SMARTS) is 1. The Morgan fingerprint density at radius 2 is 2.03 bits per heavy atom. The standard InChI is InChI=1S/C20H25N5O4/c21-15(9-13-5-2-1-3-6-13)18(26)24-16(10-14-11-22-12-23-14)19(27)25-8-4-7-17(25)20(28)29/h1-3,5-6,11-12,15-17H,4,7-10,21H2,(H,22,23)(H,24,26)(H,28,29)/t15-,16+,17-/m1/s1. The fourth-order valence-corrected chi connectivity index (χ4v) is 3.54. The van der Waals surface area contributed by atoms with Gasteiger partial charge in [-0.25, -0.2) is 9.78 Å². The molecule has 3 rings (SSSR count). The van der Waals surface area contributed by atoms with Gasteiger partial charge in [-0.1, -0.05) is 30.3 Å². The molecule has 29 heavy (non-hydrogen) atoms. The number of nitrogens with two attached hydrogens (primary N) is 1. The molecular weight excluding hydrogens is 374 g/mol. The van der Waals surface area contributed by atoms with E-state index in [0.717, 1.165) is 5.56 Å². The minimum Gasteiger partial charge on any atom is -0.480 e. The van der Waals surface area contributed by atoms with Crippen LogP contribution in [-0.4, -0.2) is 62.4 Å². The van der Waals surface area contributed by atoms with E-state index in [9.17, 15) is 19.5 Å². The van der Waals surface area contributed by atoms with Crippen molar-refractivity contribution in [2.24, 2.45) is 5.73 Å². The molecule has 2 heterocycles. The summed E-state index contributed by atoms with van der Waals surface area (Å²) in [5.41, 5.74) is 7.62. The third-order valence-electron chi connectivity index (χ3n) is 5.05. The predicted molar refractivity (Wildman–Crippen MR) is 105 cm³/mol. The topological polar surface area (TPSA) is 141 Å². The summed E-state index contributed by atoms with van der Waals surface area (Å²) >= 11 is 0. The Balaban J connectivity index is 1.72. The number of benzene rings is 1. The minimum atomic E-state index is -1.04. The molecule has 0 unspecified atom stereocenters. The number of aromatic nitrogens is 2. The molecule has 154 valence electrons. The lowest BCUT2D eigenvalue weighted by Crippen LogP contribution is -2.55. The first-order valence-electron chi connectivity index (χ1n) is 9.56. The molecule has 1 saturated heterocycles. The molecule has 1 aliphatic heterocycles. The number of hydrogen-bond acceptors (Lipinski definition) is 5. The van der Waals surface area contributed by atoms with Crippen LogP contribution < -0.4 is 11.1 Å². The molecule has 5 N–H and O–H groups in total. The summed E-state index contributed by atoms with van der Waals surface area (Å²) in [7, 11) is 0. The zero-order valence-corrected chi connectivity index (χ0v) is 16.0. The number of aliphatic carboxylic acids is 1. The maximum absolute atomic E-state index is 13.1. The molecule has 0 saturated carbocycles. The van der Waals surface area contributed by atoms with Crippen molar-refractivity contribution in [3.8, 4) is 0 Å². The van der Waals surface area contributed by atoms with Crippen LogP contribution in [0.15, 0.2) is 42.9 Å². The number of nitrogens with zero attached hydrogens (tertiary/aromatic N) is 2. The van der Waals surface area contributed by atoms with Gasteiger partial charge < -0.3 is 26.0 Å². The highest BCUT2D eigenvalue weighted by Gasteiger charge is 2.38. The maximum Gasteiger partial charge on any atom is 0.326 e. The monoisotopic (exact) mass is 399 g/mol. The Morgan fingerprint density at radius 3 is 2.69 bits per heavy atom. The van der Waals surface area contributed by atoms with Gasteiger partial charge in [-0.05, 0) is 24.8 Å². The number of rotatable bonds is 8. The van der Waals surface area contributed by atoms with Crippen molar-refractivity contribution in [3.05, 3.63) is 54.1 Å². The van der Waals surface area contributed by atoms with Gasteiger partial charge in [-0.3, -0.25) is 9.59 Å². The van der Waals surface area contributed by atoms with Crippen molar-refractivity contribution in [1.29, 1.82) is 0 Å². The molecule has 1 aliphatic rings. The van der Waals surface area contributed by atoms with Crippen molar-refractivity contribution < 1.29 is 19.5 Å². The summed E-state index contributed by atoms with van der Waals surface area (Å²) < 4.78 is 0. The fraction of sp³-hybridized carbons (Fsp3) is 0.400. The fourth-order valence-electron chi connectivity index (χ4n) is 3.54. The second kappa shape index (κ2) is 9.33. The van der Waals surface area contributed by atoms with Gasteiger partial charge in [0.2, 0.25) is 11.8 Å². The number of imidazole rings is 1. The lowest BCUT2D eigenvalue weighted by molar-refractivity contribution is -0.149. The Morgan fingerprint density at radius 1 is 1.28 bits per heavy atom. The van der Waals surface area contributed by atoms with Crippen LogP contribution in [-0.2, 0) is 27.2 Å². The third kappa shape index (κ3) is 5.20. The Labute approximate surface area is 168 Å². The second-order valence-corrected chi connectivity index (χ2v) is 7.17.